The molecule has 2 bridgehead atoms. The molecule has 16 heteroatoms. The Balaban J connectivity index is 1.17. The average molecular weight is 625 g/mol. The number of alkyl halides is 2. The minimum Gasteiger partial charge on any atom is -0.458 e. The monoisotopic (exact) mass is 624 g/mol. The van der Waals surface area contributed by atoms with Crippen LogP contribution in [0.4, 0.5) is 8.78 Å². The molecule has 0 amide bonds. The molecule has 42 heavy (non-hydrogen) atoms. The minimum absolute atomic E-state index is 0.254. The highest BCUT2D eigenvalue weighted by atomic mass is 32.2. The van der Waals surface area contributed by atoms with Gasteiger partial charge in [0.25, 0.3) is 0 Å². The summed E-state index contributed by atoms with van der Waals surface area (Å²) in [5.74, 6) is -5.32. The Labute approximate surface area is 240 Å². The lowest BCUT2D eigenvalue weighted by Crippen LogP contribution is -2.51. The van der Waals surface area contributed by atoms with Gasteiger partial charge in [-0.05, 0) is 51.4 Å². The zero-order chi connectivity index (χ0) is 30.4. The lowest BCUT2D eigenvalue weighted by Gasteiger charge is -2.42. The van der Waals surface area contributed by atoms with Crippen LogP contribution in [0.5, 0.6) is 0 Å². The zero-order valence-corrected chi connectivity index (χ0v) is 23.7. The van der Waals surface area contributed by atoms with Gasteiger partial charge in [0.1, 0.15) is 42.9 Å². The van der Waals surface area contributed by atoms with E-state index in [0.29, 0.717) is 6.92 Å². The Morgan fingerprint density at radius 3 is 2.31 bits per heavy atom. The number of carbonyl (C=O) groups is 4. The third kappa shape index (κ3) is 5.62. The highest BCUT2D eigenvalue weighted by Gasteiger charge is 2.72. The van der Waals surface area contributed by atoms with Gasteiger partial charge in [-0.2, -0.15) is 17.2 Å². The second kappa shape index (κ2) is 11.6. The van der Waals surface area contributed by atoms with Crippen molar-refractivity contribution in [2.45, 2.75) is 106 Å². The van der Waals surface area contributed by atoms with Gasteiger partial charge in [0.05, 0.1) is 0 Å². The number of fused-ring (bicyclic) bond motifs is 1. The molecule has 3 saturated heterocycles. The summed E-state index contributed by atoms with van der Waals surface area (Å²) in [6.07, 6.45) is 2.16. The first-order valence-electron chi connectivity index (χ1n) is 14.2. The lowest BCUT2D eigenvalue weighted by molar-refractivity contribution is -0.184. The SMILES string of the molecule is CC(OC(=O)COCC(=O)OC1C2OC(=O)C3C2OC1C3C(=O)OC1(C2CCCC2)CCCCC1)C(F)(F)S(=O)(=O)O. The van der Waals surface area contributed by atoms with Gasteiger partial charge in [-0.1, -0.05) is 19.3 Å². The maximum Gasteiger partial charge on any atom is 0.405 e. The number of rotatable bonds is 11. The van der Waals surface area contributed by atoms with Crippen LogP contribution >= 0.6 is 0 Å². The Morgan fingerprint density at radius 1 is 1.02 bits per heavy atom. The topological polar surface area (TPSA) is 178 Å². The second-order valence-corrected chi connectivity index (χ2v) is 13.2. The van der Waals surface area contributed by atoms with Gasteiger partial charge in [-0.15, -0.1) is 0 Å². The van der Waals surface area contributed by atoms with Crippen molar-refractivity contribution in [2.75, 3.05) is 13.2 Å². The van der Waals surface area contributed by atoms with Gasteiger partial charge in [-0.3, -0.25) is 14.1 Å². The zero-order valence-electron chi connectivity index (χ0n) is 22.9. The quantitative estimate of drug-likeness (QED) is 0.200. The molecular weight excluding hydrogens is 590 g/mol. The van der Waals surface area contributed by atoms with Crippen molar-refractivity contribution < 1.29 is 69.4 Å². The first kappa shape index (κ1) is 31.0. The van der Waals surface area contributed by atoms with Crippen LogP contribution < -0.4 is 0 Å². The van der Waals surface area contributed by atoms with Gasteiger partial charge in [0, 0.05) is 0 Å². The molecule has 7 unspecified atom stereocenters. The molecule has 13 nitrogen and oxygen atoms in total. The Hall–Kier alpha value is -2.43. The molecule has 3 aliphatic heterocycles. The summed E-state index contributed by atoms with van der Waals surface area (Å²) in [4.78, 5) is 50.6. The first-order valence-corrected chi connectivity index (χ1v) is 15.6. The van der Waals surface area contributed by atoms with Crippen LogP contribution in [0, 0.1) is 17.8 Å². The molecule has 5 rings (SSSR count). The van der Waals surface area contributed by atoms with Gasteiger partial charge in [0.15, 0.2) is 18.3 Å². The Morgan fingerprint density at radius 2 is 1.67 bits per heavy atom. The molecule has 3 heterocycles. The third-order valence-corrected chi connectivity index (χ3v) is 10.1. The van der Waals surface area contributed by atoms with Gasteiger partial charge < -0.3 is 28.4 Å². The lowest BCUT2D eigenvalue weighted by atomic mass is 9.74. The fourth-order valence-electron chi connectivity index (χ4n) is 7.12. The van der Waals surface area contributed by atoms with Crippen molar-refractivity contribution >= 4 is 34.0 Å². The number of hydrogen-bond acceptors (Lipinski definition) is 12. The molecule has 0 aromatic heterocycles. The summed E-state index contributed by atoms with van der Waals surface area (Å²) in [6.45, 7) is -1.32. The smallest absolute Gasteiger partial charge is 0.405 e. The largest absolute Gasteiger partial charge is 0.458 e. The van der Waals surface area contributed by atoms with Crippen molar-refractivity contribution in [3.63, 3.8) is 0 Å². The van der Waals surface area contributed by atoms with E-state index in [-0.39, 0.29) is 5.92 Å². The summed E-state index contributed by atoms with van der Waals surface area (Å²) in [5, 5.41) is -4.76. The van der Waals surface area contributed by atoms with Crippen LogP contribution in [0.1, 0.15) is 64.7 Å². The average Bonchev–Trinajstić information content (AvgIpc) is 3.68. The number of halogens is 2. The number of hydrogen-bond donors (Lipinski definition) is 1. The molecule has 5 fully saturated rings. The van der Waals surface area contributed by atoms with Crippen molar-refractivity contribution in [1.29, 1.82) is 0 Å². The van der Waals surface area contributed by atoms with Crippen LogP contribution in [0.3, 0.4) is 0 Å². The van der Waals surface area contributed by atoms with E-state index < -0.39 is 100 Å². The van der Waals surface area contributed by atoms with Crippen molar-refractivity contribution in [1.82, 2.24) is 0 Å². The fourth-order valence-corrected chi connectivity index (χ4v) is 7.58. The molecule has 0 spiro atoms. The van der Waals surface area contributed by atoms with E-state index in [4.69, 9.17) is 28.2 Å². The van der Waals surface area contributed by atoms with E-state index in [0.717, 1.165) is 57.8 Å². The molecule has 0 radical (unpaired) electrons. The fraction of sp³-hybridized carbons (Fsp3) is 0.846. The number of carbonyl (C=O) groups excluding carboxylic acids is 4. The standard InChI is InChI=1S/C26H34F2O13S/c1-13(26(27,28)42(33,34)35)37-15(29)11-36-12-16(30)38-21-20-18(17-19(39-20)22(21)40-23(17)31)24(32)41-25(9-5-2-6-10-25)14-7-3-4-8-14/h13-14,17-22H,2-12H2,1H3,(H,33,34,35). The summed E-state index contributed by atoms with van der Waals surface area (Å²) in [7, 11) is -5.84. The van der Waals surface area contributed by atoms with Crippen LogP contribution in [0.2, 0.25) is 0 Å². The van der Waals surface area contributed by atoms with Crippen molar-refractivity contribution in [3.05, 3.63) is 0 Å². The molecule has 0 aromatic rings. The molecule has 1 N–H and O–H groups in total. The van der Waals surface area contributed by atoms with E-state index in [9.17, 15) is 36.4 Å². The normalized spacial score (nSPS) is 32.8. The minimum atomic E-state index is -5.84. The van der Waals surface area contributed by atoms with E-state index in [1.165, 1.54) is 0 Å². The first-order chi connectivity index (χ1) is 19.7. The van der Waals surface area contributed by atoms with E-state index in [2.05, 4.69) is 4.74 Å². The third-order valence-electron chi connectivity index (χ3n) is 9.11. The molecule has 7 atom stereocenters. The van der Waals surface area contributed by atoms with E-state index in [1.54, 1.807) is 0 Å². The van der Waals surface area contributed by atoms with Crippen LogP contribution in [-0.2, 0) is 57.7 Å². The van der Waals surface area contributed by atoms with Crippen LogP contribution in [-0.4, -0.2) is 91.4 Å². The summed E-state index contributed by atoms with van der Waals surface area (Å²) in [6, 6.07) is 0. The molecule has 0 aromatic carbocycles. The molecular formula is C26H34F2O13S. The Kier molecular flexibility index (Phi) is 8.55. The Bertz CT molecular complexity index is 1190. The van der Waals surface area contributed by atoms with Gasteiger partial charge >= 0.3 is 39.2 Å². The van der Waals surface area contributed by atoms with Crippen LogP contribution in [0.15, 0.2) is 0 Å². The summed E-state index contributed by atoms with van der Waals surface area (Å²) in [5.41, 5.74) is -0.590. The van der Waals surface area contributed by atoms with Crippen molar-refractivity contribution in [2.24, 2.45) is 17.8 Å². The van der Waals surface area contributed by atoms with Crippen molar-refractivity contribution in [3.8, 4) is 0 Å². The van der Waals surface area contributed by atoms with Gasteiger partial charge in [0.2, 0.25) is 0 Å². The number of ether oxygens (including phenoxy) is 6. The van der Waals surface area contributed by atoms with Gasteiger partial charge in [-0.25, -0.2) is 9.59 Å². The summed E-state index contributed by atoms with van der Waals surface area (Å²) >= 11 is 0. The van der Waals surface area contributed by atoms with Crippen LogP contribution in [0.25, 0.3) is 0 Å². The van der Waals surface area contributed by atoms with E-state index in [1.807, 2.05) is 0 Å². The maximum atomic E-state index is 13.7. The predicted octanol–water partition coefficient (Wildman–Crippen LogP) is 1.70. The molecule has 5 aliphatic rings. The predicted molar refractivity (Wildman–Crippen MR) is 132 cm³/mol. The van der Waals surface area contributed by atoms with E-state index >= 15 is 0 Å². The molecule has 236 valence electrons. The number of esters is 4. The summed E-state index contributed by atoms with van der Waals surface area (Å²) < 4.78 is 89.3. The highest BCUT2D eigenvalue weighted by Crippen LogP contribution is 2.53. The molecule has 2 saturated carbocycles. The molecule has 2 aliphatic carbocycles. The maximum absolute atomic E-state index is 13.7. The highest BCUT2D eigenvalue weighted by molar-refractivity contribution is 7.86. The second-order valence-electron chi connectivity index (χ2n) is 11.7.